The molecule has 2 rings (SSSR count). The summed E-state index contributed by atoms with van der Waals surface area (Å²) >= 11 is 0. The first kappa shape index (κ1) is 17.3. The summed E-state index contributed by atoms with van der Waals surface area (Å²) in [6.45, 7) is 5.75. The first-order valence-corrected chi connectivity index (χ1v) is 7.78. The zero-order valence-electron chi connectivity index (χ0n) is 13.7. The summed E-state index contributed by atoms with van der Waals surface area (Å²) in [6.07, 6.45) is 8.27. The number of nitrogens with zero attached hydrogens (tertiary/aromatic N) is 2. The number of allylic oxidation sites excluding steroid dienone is 2. The van der Waals surface area contributed by atoms with Gasteiger partial charge < -0.3 is 15.9 Å². The van der Waals surface area contributed by atoms with Gasteiger partial charge in [-0.2, -0.15) is 5.10 Å². The van der Waals surface area contributed by atoms with Crippen molar-refractivity contribution in [1.82, 2.24) is 9.97 Å². The van der Waals surface area contributed by atoms with Crippen molar-refractivity contribution in [3.63, 3.8) is 0 Å². The van der Waals surface area contributed by atoms with Crippen LogP contribution in [0.2, 0.25) is 0 Å². The predicted octanol–water partition coefficient (Wildman–Crippen LogP) is 2.22. The minimum atomic E-state index is 0.164. The highest BCUT2D eigenvalue weighted by Gasteiger charge is 2.10. The van der Waals surface area contributed by atoms with Crippen molar-refractivity contribution in [3.05, 3.63) is 70.8 Å². The molecule has 4 N–H and O–H groups in total. The Labute approximate surface area is 141 Å². The molecule has 0 saturated heterocycles. The Hall–Kier alpha value is -3.08. The summed E-state index contributed by atoms with van der Waals surface area (Å²) in [6, 6.07) is 9.57. The van der Waals surface area contributed by atoms with Crippen LogP contribution in [0.25, 0.3) is 18.2 Å². The van der Waals surface area contributed by atoms with Crippen LogP contribution in [0.4, 0.5) is 0 Å². The van der Waals surface area contributed by atoms with E-state index < -0.39 is 0 Å². The van der Waals surface area contributed by atoms with Gasteiger partial charge in [-0.15, -0.1) is 0 Å². The summed E-state index contributed by atoms with van der Waals surface area (Å²) in [5.74, 6) is 6.21. The quantitative estimate of drug-likeness (QED) is 0.330. The standard InChI is InChI=1S/C19H22N4O/c1-3-8-16-17(9-4-2)22-19(21-16)18(23-20)13-15(24)12-14-10-6-5-7-11-14/h3,5-12,24H,1,4,13,20H2,2H3,(H,21,22)/b15-12-,16-8+,17-9+,23-18+. The van der Waals surface area contributed by atoms with E-state index in [-0.39, 0.29) is 12.2 Å². The summed E-state index contributed by atoms with van der Waals surface area (Å²) in [4.78, 5) is 7.68. The van der Waals surface area contributed by atoms with Crippen LogP contribution >= 0.6 is 0 Å². The van der Waals surface area contributed by atoms with Crippen molar-refractivity contribution < 1.29 is 5.11 Å². The van der Waals surface area contributed by atoms with Gasteiger partial charge in [0.1, 0.15) is 5.71 Å². The van der Waals surface area contributed by atoms with Crippen LogP contribution in [0.5, 0.6) is 0 Å². The first-order valence-electron chi connectivity index (χ1n) is 7.78. The number of hydrogen-bond donors (Lipinski definition) is 3. The molecule has 0 aliphatic heterocycles. The van der Waals surface area contributed by atoms with Crippen LogP contribution in [0.3, 0.4) is 0 Å². The van der Waals surface area contributed by atoms with E-state index in [4.69, 9.17) is 5.84 Å². The fourth-order valence-electron chi connectivity index (χ4n) is 2.29. The molecule has 2 aromatic rings. The number of imidazole rings is 1. The number of hydrogen-bond acceptors (Lipinski definition) is 4. The van der Waals surface area contributed by atoms with E-state index in [9.17, 15) is 5.11 Å². The molecule has 0 aliphatic rings. The Morgan fingerprint density at radius 2 is 2.12 bits per heavy atom. The molecule has 0 bridgehead atoms. The Morgan fingerprint density at radius 3 is 2.75 bits per heavy atom. The fourth-order valence-corrected chi connectivity index (χ4v) is 2.29. The van der Waals surface area contributed by atoms with Gasteiger partial charge in [0.05, 0.1) is 22.9 Å². The predicted molar refractivity (Wildman–Crippen MR) is 99.6 cm³/mol. The zero-order valence-corrected chi connectivity index (χ0v) is 13.7. The minimum Gasteiger partial charge on any atom is -0.512 e. The molecule has 5 heteroatoms. The SMILES string of the molecule is C=C/C=c1/[nH]c(/C(C/C(O)=C/c2ccccc2)=N/N)n/c1=C/CC. The minimum absolute atomic E-state index is 0.164. The Balaban J connectivity index is 2.31. The third-order valence-electron chi connectivity index (χ3n) is 3.35. The average Bonchev–Trinajstić information content (AvgIpc) is 2.97. The number of aliphatic hydroxyl groups excluding tert-OH is 1. The normalized spacial score (nSPS) is 14.2. The molecule has 124 valence electrons. The molecule has 0 spiro atoms. The number of benzene rings is 1. The number of aromatic amines is 1. The summed E-state index contributed by atoms with van der Waals surface area (Å²) < 4.78 is 0. The zero-order chi connectivity index (χ0) is 17.4. The molecular weight excluding hydrogens is 300 g/mol. The maximum absolute atomic E-state index is 10.2. The molecule has 0 saturated carbocycles. The summed E-state index contributed by atoms with van der Waals surface area (Å²) in [5, 5.41) is 15.6. The van der Waals surface area contributed by atoms with Gasteiger partial charge in [-0.1, -0.05) is 56.0 Å². The van der Waals surface area contributed by atoms with Crippen molar-refractivity contribution in [2.75, 3.05) is 0 Å². The molecule has 1 aromatic heterocycles. The van der Waals surface area contributed by atoms with Crippen molar-refractivity contribution in [3.8, 4) is 0 Å². The molecule has 0 atom stereocenters. The number of aromatic nitrogens is 2. The van der Waals surface area contributed by atoms with Crippen LogP contribution in [-0.2, 0) is 0 Å². The third kappa shape index (κ3) is 4.46. The maximum Gasteiger partial charge on any atom is 0.155 e. The Kier molecular flexibility index (Phi) is 6.14. The van der Waals surface area contributed by atoms with E-state index in [2.05, 4.69) is 21.6 Å². The van der Waals surface area contributed by atoms with Gasteiger partial charge >= 0.3 is 0 Å². The number of H-pyrrole nitrogens is 1. The number of rotatable bonds is 6. The highest BCUT2D eigenvalue weighted by atomic mass is 16.3. The van der Waals surface area contributed by atoms with Crippen molar-refractivity contribution in [2.24, 2.45) is 10.9 Å². The van der Waals surface area contributed by atoms with Gasteiger partial charge in [-0.05, 0) is 24.1 Å². The molecule has 24 heavy (non-hydrogen) atoms. The monoisotopic (exact) mass is 322 g/mol. The molecule has 5 nitrogen and oxygen atoms in total. The maximum atomic E-state index is 10.2. The number of nitrogens with one attached hydrogen (secondary N) is 1. The molecule has 0 aliphatic carbocycles. The lowest BCUT2D eigenvalue weighted by molar-refractivity contribution is 0.410. The van der Waals surface area contributed by atoms with Gasteiger partial charge in [-0.25, -0.2) is 4.98 Å². The third-order valence-corrected chi connectivity index (χ3v) is 3.35. The van der Waals surface area contributed by atoms with Crippen LogP contribution < -0.4 is 16.5 Å². The van der Waals surface area contributed by atoms with Gasteiger partial charge in [0, 0.05) is 0 Å². The first-order chi connectivity index (χ1) is 11.7. The van der Waals surface area contributed by atoms with Gasteiger partial charge in [0.25, 0.3) is 0 Å². The molecule has 0 radical (unpaired) electrons. The number of aliphatic hydroxyl groups is 1. The largest absolute Gasteiger partial charge is 0.512 e. The second-order valence-electron chi connectivity index (χ2n) is 5.20. The molecule has 1 heterocycles. The van der Waals surface area contributed by atoms with Crippen molar-refractivity contribution in [2.45, 2.75) is 19.8 Å². The van der Waals surface area contributed by atoms with Gasteiger partial charge in [0.2, 0.25) is 0 Å². The molecule has 0 fully saturated rings. The highest BCUT2D eigenvalue weighted by Crippen LogP contribution is 2.09. The van der Waals surface area contributed by atoms with Crippen molar-refractivity contribution in [1.29, 1.82) is 0 Å². The van der Waals surface area contributed by atoms with Crippen LogP contribution in [0.15, 0.2) is 53.8 Å². The fraction of sp³-hybridized carbons (Fsp3) is 0.158. The van der Waals surface area contributed by atoms with E-state index in [1.165, 1.54) is 0 Å². The Morgan fingerprint density at radius 1 is 1.38 bits per heavy atom. The van der Waals surface area contributed by atoms with Crippen LogP contribution in [-0.4, -0.2) is 20.8 Å². The lowest BCUT2D eigenvalue weighted by Crippen LogP contribution is -2.23. The van der Waals surface area contributed by atoms with E-state index in [1.807, 2.05) is 49.4 Å². The topological polar surface area (TPSA) is 87.3 Å². The smallest absolute Gasteiger partial charge is 0.155 e. The van der Waals surface area contributed by atoms with Crippen molar-refractivity contribution >= 4 is 23.9 Å². The van der Waals surface area contributed by atoms with E-state index >= 15 is 0 Å². The number of hydrazone groups is 1. The van der Waals surface area contributed by atoms with E-state index in [0.717, 1.165) is 22.7 Å². The van der Waals surface area contributed by atoms with Gasteiger partial charge in [0.15, 0.2) is 5.82 Å². The second kappa shape index (κ2) is 8.53. The second-order valence-corrected chi connectivity index (χ2v) is 5.20. The van der Waals surface area contributed by atoms with E-state index in [0.29, 0.717) is 11.5 Å². The molecular formula is C19H22N4O. The van der Waals surface area contributed by atoms with E-state index in [1.54, 1.807) is 12.2 Å². The summed E-state index contributed by atoms with van der Waals surface area (Å²) in [7, 11) is 0. The van der Waals surface area contributed by atoms with Gasteiger partial charge in [-0.3, -0.25) is 0 Å². The lowest BCUT2D eigenvalue weighted by Gasteiger charge is -2.02. The average molecular weight is 322 g/mol. The molecule has 0 unspecified atom stereocenters. The van der Waals surface area contributed by atoms with Crippen LogP contribution in [0.1, 0.15) is 31.2 Å². The highest BCUT2D eigenvalue weighted by molar-refractivity contribution is 5.98. The Bertz CT molecular complexity index is 861. The summed E-state index contributed by atoms with van der Waals surface area (Å²) in [5.41, 5.74) is 1.39. The molecule has 0 amide bonds. The molecule has 1 aromatic carbocycles. The number of nitrogens with two attached hydrogens (primary N) is 1. The lowest BCUT2D eigenvalue weighted by atomic mass is 10.1. The van der Waals surface area contributed by atoms with Crippen LogP contribution in [0, 0.1) is 0 Å².